The lowest BCUT2D eigenvalue weighted by molar-refractivity contribution is 0.0936. The first-order valence-corrected chi connectivity index (χ1v) is 6.29. The molecule has 0 saturated heterocycles. The van der Waals surface area contributed by atoms with Crippen LogP contribution in [-0.4, -0.2) is 23.5 Å². The Balaban J connectivity index is 0.00000200. The van der Waals surface area contributed by atoms with Gasteiger partial charge in [-0.1, -0.05) is 13.8 Å². The molecule has 1 heterocycles. The Bertz CT molecular complexity index is 548. The number of nitrogens with zero attached hydrogens (tertiary/aromatic N) is 2. The molecule has 1 aliphatic rings. The fraction of sp³-hybridized carbons (Fsp3) is 0.500. The van der Waals surface area contributed by atoms with Gasteiger partial charge in [0.05, 0.1) is 13.2 Å². The summed E-state index contributed by atoms with van der Waals surface area (Å²) >= 11 is 0. The number of hydrogen-bond donors (Lipinski definition) is 1. The van der Waals surface area contributed by atoms with Crippen LogP contribution in [0, 0.1) is 11.3 Å². The summed E-state index contributed by atoms with van der Waals surface area (Å²) in [5.41, 5.74) is 0.561. The molecule has 0 aromatic carbocycles. The van der Waals surface area contributed by atoms with Gasteiger partial charge in [0.1, 0.15) is 17.0 Å². The van der Waals surface area contributed by atoms with Crippen molar-refractivity contribution >= 4 is 5.91 Å². The van der Waals surface area contributed by atoms with Crippen LogP contribution in [0.2, 0.25) is 0 Å². The van der Waals surface area contributed by atoms with Crippen molar-refractivity contribution in [2.24, 2.45) is 0 Å². The molecule has 1 amide bonds. The van der Waals surface area contributed by atoms with Gasteiger partial charge in [0.2, 0.25) is 0 Å². The molecule has 1 aliphatic carbocycles. The SMILES string of the molecule is COc1cc(C(=O)NC2(C#N)CC2)ncc1C(C)C.[HH]. The van der Waals surface area contributed by atoms with Gasteiger partial charge >= 0.3 is 0 Å². The lowest BCUT2D eigenvalue weighted by Crippen LogP contribution is -2.36. The Morgan fingerprint density at radius 3 is 2.79 bits per heavy atom. The van der Waals surface area contributed by atoms with Crippen LogP contribution in [0.15, 0.2) is 12.3 Å². The van der Waals surface area contributed by atoms with Crippen molar-refractivity contribution < 1.29 is 11.0 Å². The van der Waals surface area contributed by atoms with Gasteiger partial charge in [-0.2, -0.15) is 5.26 Å². The number of aromatic nitrogens is 1. The summed E-state index contributed by atoms with van der Waals surface area (Å²) in [6, 6.07) is 3.74. The van der Waals surface area contributed by atoms with Crippen LogP contribution in [0.4, 0.5) is 0 Å². The highest BCUT2D eigenvalue weighted by Gasteiger charge is 2.45. The van der Waals surface area contributed by atoms with Gasteiger partial charge in [0, 0.05) is 19.3 Å². The average Bonchev–Trinajstić information content (AvgIpc) is 3.18. The Hall–Kier alpha value is -2.09. The molecule has 2 rings (SSSR count). The van der Waals surface area contributed by atoms with Crippen molar-refractivity contribution in [3.63, 3.8) is 0 Å². The molecule has 0 unspecified atom stereocenters. The summed E-state index contributed by atoms with van der Waals surface area (Å²) in [5, 5.41) is 11.7. The number of nitriles is 1. The molecule has 1 aromatic rings. The van der Waals surface area contributed by atoms with E-state index in [0.717, 1.165) is 5.56 Å². The van der Waals surface area contributed by atoms with Gasteiger partial charge in [0.25, 0.3) is 5.91 Å². The first kappa shape index (κ1) is 13.3. The molecule has 0 bridgehead atoms. The van der Waals surface area contributed by atoms with Gasteiger partial charge < -0.3 is 10.1 Å². The number of carbonyl (C=O) groups is 1. The Morgan fingerprint density at radius 2 is 2.32 bits per heavy atom. The van der Waals surface area contributed by atoms with Crippen molar-refractivity contribution in [2.75, 3.05) is 7.11 Å². The molecule has 1 saturated carbocycles. The van der Waals surface area contributed by atoms with E-state index in [-0.39, 0.29) is 18.9 Å². The molecule has 5 heteroatoms. The maximum atomic E-state index is 12.0. The second-order valence-electron chi connectivity index (χ2n) is 5.11. The van der Waals surface area contributed by atoms with E-state index in [4.69, 9.17) is 10.00 Å². The van der Waals surface area contributed by atoms with E-state index in [2.05, 4.69) is 16.4 Å². The van der Waals surface area contributed by atoms with E-state index in [1.165, 1.54) is 0 Å². The highest BCUT2D eigenvalue weighted by atomic mass is 16.5. The highest BCUT2D eigenvalue weighted by molar-refractivity contribution is 5.93. The zero-order valence-electron chi connectivity index (χ0n) is 11.4. The Labute approximate surface area is 114 Å². The van der Waals surface area contributed by atoms with Crippen LogP contribution >= 0.6 is 0 Å². The number of methoxy groups -OCH3 is 1. The molecule has 19 heavy (non-hydrogen) atoms. The molecule has 0 atom stereocenters. The van der Waals surface area contributed by atoms with Crippen LogP contribution in [-0.2, 0) is 0 Å². The van der Waals surface area contributed by atoms with E-state index < -0.39 is 5.54 Å². The fourth-order valence-electron chi connectivity index (χ4n) is 1.85. The normalized spacial score (nSPS) is 15.7. The van der Waals surface area contributed by atoms with Crippen molar-refractivity contribution in [2.45, 2.75) is 38.1 Å². The molecule has 0 aliphatic heterocycles. The molecule has 0 radical (unpaired) electrons. The first-order chi connectivity index (χ1) is 9.01. The van der Waals surface area contributed by atoms with Crippen LogP contribution < -0.4 is 10.1 Å². The monoisotopic (exact) mass is 261 g/mol. The number of pyridine rings is 1. The third-order valence-electron chi connectivity index (χ3n) is 3.29. The maximum absolute atomic E-state index is 12.0. The number of carbonyl (C=O) groups excluding carboxylic acids is 1. The van der Waals surface area contributed by atoms with Gasteiger partial charge in [-0.05, 0) is 18.8 Å². The standard InChI is InChI=1S/C14H17N3O2.H2/c1-9(2)10-7-16-11(6-12(10)19-3)13(18)17-14(8-15)4-5-14;/h6-7,9H,4-5H2,1-3H3,(H,17,18);1H. The zero-order chi connectivity index (χ0) is 14.0. The lowest BCUT2D eigenvalue weighted by atomic mass is 10.0. The number of hydrogen-bond acceptors (Lipinski definition) is 4. The minimum Gasteiger partial charge on any atom is -0.496 e. The minimum absolute atomic E-state index is 0. The van der Waals surface area contributed by atoms with Crippen molar-refractivity contribution in [1.29, 1.82) is 5.26 Å². The third-order valence-corrected chi connectivity index (χ3v) is 3.29. The Morgan fingerprint density at radius 1 is 1.63 bits per heavy atom. The molecule has 5 nitrogen and oxygen atoms in total. The van der Waals surface area contributed by atoms with Gasteiger partial charge in [0.15, 0.2) is 0 Å². The zero-order valence-corrected chi connectivity index (χ0v) is 11.4. The maximum Gasteiger partial charge on any atom is 0.271 e. The van der Waals surface area contributed by atoms with Crippen molar-refractivity contribution in [3.05, 3.63) is 23.5 Å². The van der Waals surface area contributed by atoms with E-state index >= 15 is 0 Å². The number of nitrogens with one attached hydrogen (secondary N) is 1. The average molecular weight is 261 g/mol. The van der Waals surface area contributed by atoms with Gasteiger partial charge in [-0.25, -0.2) is 0 Å². The quantitative estimate of drug-likeness (QED) is 0.902. The summed E-state index contributed by atoms with van der Waals surface area (Å²) in [7, 11) is 1.57. The number of rotatable bonds is 4. The Kier molecular flexibility index (Phi) is 3.43. The van der Waals surface area contributed by atoms with E-state index in [0.29, 0.717) is 18.6 Å². The smallest absolute Gasteiger partial charge is 0.271 e. The molecular weight excluding hydrogens is 242 g/mol. The second-order valence-corrected chi connectivity index (χ2v) is 5.11. The third kappa shape index (κ3) is 2.68. The molecule has 102 valence electrons. The van der Waals surface area contributed by atoms with Crippen molar-refractivity contribution in [3.8, 4) is 11.8 Å². The van der Waals surface area contributed by atoms with Crippen LogP contribution in [0.1, 0.15) is 50.1 Å². The first-order valence-electron chi connectivity index (χ1n) is 6.29. The van der Waals surface area contributed by atoms with Crippen molar-refractivity contribution in [1.82, 2.24) is 10.3 Å². The van der Waals surface area contributed by atoms with Crippen LogP contribution in [0.5, 0.6) is 5.75 Å². The van der Waals surface area contributed by atoms with Crippen LogP contribution in [0.3, 0.4) is 0 Å². The summed E-state index contributed by atoms with van der Waals surface area (Å²) in [6.45, 7) is 4.07. The number of ether oxygens (including phenoxy) is 1. The summed E-state index contributed by atoms with van der Waals surface area (Å²) < 4.78 is 5.28. The summed E-state index contributed by atoms with van der Waals surface area (Å²) in [6.07, 6.45) is 3.07. The van der Waals surface area contributed by atoms with Gasteiger partial charge in [-0.15, -0.1) is 0 Å². The minimum atomic E-state index is -0.678. The molecule has 1 N–H and O–H groups in total. The fourth-order valence-corrected chi connectivity index (χ4v) is 1.85. The predicted molar refractivity (Wildman–Crippen MR) is 72.0 cm³/mol. The summed E-state index contributed by atoms with van der Waals surface area (Å²) in [5.74, 6) is 0.595. The molecular formula is C14H19N3O2. The van der Waals surface area contributed by atoms with E-state index in [1.807, 2.05) is 13.8 Å². The van der Waals surface area contributed by atoms with Gasteiger partial charge in [-0.3, -0.25) is 9.78 Å². The van der Waals surface area contributed by atoms with Crippen LogP contribution in [0.25, 0.3) is 0 Å². The second kappa shape index (κ2) is 4.88. The summed E-state index contributed by atoms with van der Waals surface area (Å²) in [4.78, 5) is 16.2. The molecule has 1 fully saturated rings. The molecule has 0 spiro atoms. The highest BCUT2D eigenvalue weighted by Crippen LogP contribution is 2.34. The topological polar surface area (TPSA) is 75.0 Å². The molecule has 1 aromatic heterocycles. The predicted octanol–water partition coefficient (Wildman–Crippen LogP) is 2.25. The van der Waals surface area contributed by atoms with E-state index in [9.17, 15) is 4.79 Å². The largest absolute Gasteiger partial charge is 0.496 e. The van der Waals surface area contributed by atoms with E-state index in [1.54, 1.807) is 19.4 Å². The number of amides is 1. The lowest BCUT2D eigenvalue weighted by Gasteiger charge is -2.13.